The fourth-order valence-electron chi connectivity index (χ4n) is 3.64. The number of amides is 1. The van der Waals surface area contributed by atoms with Crippen molar-refractivity contribution in [3.8, 4) is 5.75 Å². The Labute approximate surface area is 183 Å². The summed E-state index contributed by atoms with van der Waals surface area (Å²) in [5.41, 5.74) is 1.48. The second-order valence-electron chi connectivity index (χ2n) is 7.59. The first kappa shape index (κ1) is 23.0. The van der Waals surface area contributed by atoms with Crippen molar-refractivity contribution < 1.29 is 22.3 Å². The lowest BCUT2D eigenvalue weighted by atomic mass is 9.96. The van der Waals surface area contributed by atoms with Gasteiger partial charge >= 0.3 is 0 Å². The van der Waals surface area contributed by atoms with E-state index >= 15 is 0 Å². The van der Waals surface area contributed by atoms with Crippen LogP contribution in [0, 0.1) is 11.7 Å². The van der Waals surface area contributed by atoms with Crippen molar-refractivity contribution in [3.63, 3.8) is 0 Å². The highest BCUT2D eigenvalue weighted by atomic mass is 32.2. The Hall–Kier alpha value is -2.71. The molecule has 0 aromatic heterocycles. The molecule has 1 aliphatic rings. The van der Waals surface area contributed by atoms with Gasteiger partial charge in [0.2, 0.25) is 15.9 Å². The third kappa shape index (κ3) is 5.92. The van der Waals surface area contributed by atoms with Crippen molar-refractivity contribution >= 4 is 22.0 Å². The van der Waals surface area contributed by atoms with Crippen molar-refractivity contribution in [3.05, 3.63) is 70.9 Å². The zero-order valence-electron chi connectivity index (χ0n) is 17.7. The molecule has 2 aromatic carbocycles. The van der Waals surface area contributed by atoms with Crippen molar-refractivity contribution in [2.45, 2.75) is 19.4 Å². The van der Waals surface area contributed by atoms with Crippen molar-refractivity contribution in [1.29, 1.82) is 0 Å². The molecule has 0 atom stereocenters. The smallest absolute Gasteiger partial charge is 0.236 e. The zero-order valence-corrected chi connectivity index (χ0v) is 18.5. The molecule has 1 saturated heterocycles. The molecule has 1 heterocycles. The molecule has 0 radical (unpaired) electrons. The number of rotatable bonds is 7. The lowest BCUT2D eigenvalue weighted by molar-refractivity contribution is -0.135. The molecule has 31 heavy (non-hydrogen) atoms. The number of halogens is 1. The molecule has 1 aliphatic heterocycles. The van der Waals surface area contributed by atoms with E-state index in [1.165, 1.54) is 29.0 Å². The van der Waals surface area contributed by atoms with E-state index in [-0.39, 0.29) is 24.1 Å². The largest absolute Gasteiger partial charge is 0.494 e. The first-order valence-electron chi connectivity index (χ1n) is 10.1. The Morgan fingerprint density at radius 1 is 1.19 bits per heavy atom. The minimum atomic E-state index is -3.54. The molecule has 0 unspecified atom stereocenters. The van der Waals surface area contributed by atoms with Gasteiger partial charge in [0.1, 0.15) is 0 Å². The number of benzene rings is 2. The Kier molecular flexibility index (Phi) is 7.46. The van der Waals surface area contributed by atoms with Gasteiger partial charge in [-0.15, -0.1) is 0 Å². The third-order valence-corrected chi connectivity index (χ3v) is 6.97. The summed E-state index contributed by atoms with van der Waals surface area (Å²) in [7, 11) is -0.459. The number of nitrogens with zero attached hydrogens (tertiary/aromatic N) is 2. The number of carbonyl (C=O) groups is 1. The fourth-order valence-corrected chi connectivity index (χ4v) is 4.86. The van der Waals surface area contributed by atoms with Gasteiger partial charge in [0.05, 0.1) is 7.11 Å². The lowest BCUT2D eigenvalue weighted by Crippen LogP contribution is -2.42. The second kappa shape index (κ2) is 10.1. The average Bonchev–Trinajstić information content (AvgIpc) is 2.78. The number of piperidine rings is 1. The van der Waals surface area contributed by atoms with E-state index in [0.717, 1.165) is 5.56 Å². The van der Waals surface area contributed by atoms with E-state index < -0.39 is 15.8 Å². The van der Waals surface area contributed by atoms with Gasteiger partial charge in [-0.2, -0.15) is 4.31 Å². The normalized spacial score (nSPS) is 15.8. The Balaban J connectivity index is 1.55. The third-order valence-electron chi connectivity index (χ3n) is 5.41. The summed E-state index contributed by atoms with van der Waals surface area (Å²) in [5.74, 6) is -0.624. The van der Waals surface area contributed by atoms with E-state index in [4.69, 9.17) is 4.74 Å². The first-order chi connectivity index (χ1) is 14.8. The van der Waals surface area contributed by atoms with Crippen LogP contribution in [0.4, 0.5) is 4.39 Å². The molecule has 0 N–H and O–H groups in total. The number of hydrogen-bond donors (Lipinski definition) is 0. The van der Waals surface area contributed by atoms with Gasteiger partial charge in [-0.25, -0.2) is 12.8 Å². The van der Waals surface area contributed by atoms with Crippen LogP contribution in [0.3, 0.4) is 0 Å². The molecule has 3 rings (SSSR count). The standard InChI is InChI=1S/C23H27FN2O4S/c1-25(17-19-8-9-22(30-2)21(24)16-19)23(27)20-10-13-26(14-11-20)31(28,29)15-12-18-6-4-3-5-7-18/h3-9,12,15-16,20H,10-11,13-14,17H2,1-2H3. The van der Waals surface area contributed by atoms with Crippen LogP contribution < -0.4 is 4.74 Å². The Bertz CT molecular complexity index is 1030. The molecular weight excluding hydrogens is 419 g/mol. The second-order valence-corrected chi connectivity index (χ2v) is 9.41. The maximum Gasteiger partial charge on any atom is 0.236 e. The molecule has 6 nitrogen and oxygen atoms in total. The van der Waals surface area contributed by atoms with Gasteiger partial charge in [-0.1, -0.05) is 36.4 Å². The van der Waals surface area contributed by atoms with Crippen LogP contribution in [-0.2, 0) is 21.4 Å². The molecule has 0 spiro atoms. The minimum Gasteiger partial charge on any atom is -0.494 e. The van der Waals surface area contributed by atoms with Gasteiger partial charge in [-0.3, -0.25) is 4.79 Å². The molecular formula is C23H27FN2O4S. The maximum absolute atomic E-state index is 13.9. The van der Waals surface area contributed by atoms with E-state index in [1.807, 2.05) is 30.3 Å². The summed E-state index contributed by atoms with van der Waals surface area (Å²) in [6.07, 6.45) is 2.49. The molecule has 2 aromatic rings. The van der Waals surface area contributed by atoms with E-state index in [2.05, 4.69) is 0 Å². The quantitative estimate of drug-likeness (QED) is 0.653. The molecule has 0 saturated carbocycles. The van der Waals surface area contributed by atoms with Crippen LogP contribution in [0.15, 0.2) is 53.9 Å². The predicted octanol–water partition coefficient (Wildman–Crippen LogP) is 3.51. The molecule has 0 bridgehead atoms. The molecule has 8 heteroatoms. The van der Waals surface area contributed by atoms with E-state index in [0.29, 0.717) is 31.5 Å². The fraction of sp³-hybridized carbons (Fsp3) is 0.348. The molecule has 166 valence electrons. The van der Waals surface area contributed by atoms with Crippen LogP contribution >= 0.6 is 0 Å². The van der Waals surface area contributed by atoms with Crippen LogP contribution in [0.2, 0.25) is 0 Å². The van der Waals surface area contributed by atoms with Crippen molar-refractivity contribution in [2.75, 3.05) is 27.2 Å². The SMILES string of the molecule is COc1ccc(CN(C)C(=O)C2CCN(S(=O)(=O)C=Cc3ccccc3)CC2)cc1F. The highest BCUT2D eigenvalue weighted by molar-refractivity contribution is 7.92. The van der Waals surface area contributed by atoms with Crippen molar-refractivity contribution in [1.82, 2.24) is 9.21 Å². The Morgan fingerprint density at radius 3 is 2.48 bits per heavy atom. The maximum atomic E-state index is 13.9. The van der Waals surface area contributed by atoms with Crippen molar-refractivity contribution in [2.24, 2.45) is 5.92 Å². The van der Waals surface area contributed by atoms with Crippen LogP contribution in [-0.4, -0.2) is 50.8 Å². The molecule has 1 amide bonds. The predicted molar refractivity (Wildman–Crippen MR) is 118 cm³/mol. The summed E-state index contributed by atoms with van der Waals surface area (Å²) < 4.78 is 45.4. The van der Waals surface area contributed by atoms with Crippen LogP contribution in [0.5, 0.6) is 5.75 Å². The van der Waals surface area contributed by atoms with Gasteiger partial charge in [-0.05, 0) is 42.2 Å². The number of hydrogen-bond acceptors (Lipinski definition) is 4. The van der Waals surface area contributed by atoms with Crippen LogP contribution in [0.25, 0.3) is 6.08 Å². The summed E-state index contributed by atoms with van der Waals surface area (Å²) in [6, 6.07) is 13.9. The summed E-state index contributed by atoms with van der Waals surface area (Å²) in [5, 5.41) is 1.22. The summed E-state index contributed by atoms with van der Waals surface area (Å²) >= 11 is 0. The van der Waals surface area contributed by atoms with Gasteiger partial charge in [0.15, 0.2) is 11.6 Å². The first-order valence-corrected chi connectivity index (χ1v) is 11.6. The van der Waals surface area contributed by atoms with Gasteiger partial charge in [0.25, 0.3) is 0 Å². The minimum absolute atomic E-state index is 0.0619. The average molecular weight is 447 g/mol. The number of carbonyl (C=O) groups excluding carboxylic acids is 1. The van der Waals surface area contributed by atoms with E-state index in [1.54, 1.807) is 24.1 Å². The monoisotopic (exact) mass is 446 g/mol. The van der Waals surface area contributed by atoms with Crippen LogP contribution in [0.1, 0.15) is 24.0 Å². The summed E-state index contributed by atoms with van der Waals surface area (Å²) in [4.78, 5) is 14.4. The highest BCUT2D eigenvalue weighted by Gasteiger charge is 2.31. The van der Waals surface area contributed by atoms with Gasteiger partial charge < -0.3 is 9.64 Å². The molecule has 1 fully saturated rings. The lowest BCUT2D eigenvalue weighted by Gasteiger charge is -2.32. The highest BCUT2D eigenvalue weighted by Crippen LogP contribution is 2.24. The molecule has 0 aliphatic carbocycles. The summed E-state index contributed by atoms with van der Waals surface area (Å²) in [6.45, 7) is 0.865. The number of ether oxygens (including phenoxy) is 1. The van der Waals surface area contributed by atoms with E-state index in [9.17, 15) is 17.6 Å². The topological polar surface area (TPSA) is 66.9 Å². The number of methoxy groups -OCH3 is 1. The zero-order chi connectivity index (χ0) is 22.4. The Morgan fingerprint density at radius 2 is 1.87 bits per heavy atom. The number of sulfonamides is 1. The van der Waals surface area contributed by atoms with Gasteiger partial charge in [0, 0.05) is 38.0 Å².